The second-order valence-electron chi connectivity index (χ2n) is 3.26. The lowest BCUT2D eigenvalue weighted by Gasteiger charge is -2.28. The Labute approximate surface area is 89.0 Å². The summed E-state index contributed by atoms with van der Waals surface area (Å²) in [4.78, 5) is 13.6. The van der Waals surface area contributed by atoms with E-state index in [1.54, 1.807) is 6.92 Å². The van der Waals surface area contributed by atoms with Crippen LogP contribution in [-0.4, -0.2) is 40.3 Å². The van der Waals surface area contributed by atoms with E-state index in [1.807, 2.05) is 23.6 Å². The van der Waals surface area contributed by atoms with Crippen LogP contribution >= 0.6 is 23.4 Å². The van der Waals surface area contributed by atoms with Gasteiger partial charge in [0.1, 0.15) is 5.38 Å². The molecule has 1 rings (SSSR count). The summed E-state index contributed by atoms with van der Waals surface area (Å²) < 4.78 is 0. The number of hydrogen-bond acceptors (Lipinski definition) is 2. The summed E-state index contributed by atoms with van der Waals surface area (Å²) in [6, 6.07) is 0.420. The quantitative estimate of drug-likeness (QED) is 0.680. The molecule has 0 aromatic heterocycles. The lowest BCUT2D eigenvalue weighted by molar-refractivity contribution is -0.132. The van der Waals surface area contributed by atoms with E-state index in [2.05, 4.69) is 0 Å². The van der Waals surface area contributed by atoms with Gasteiger partial charge in [-0.25, -0.2) is 0 Å². The molecule has 0 bridgehead atoms. The smallest absolute Gasteiger partial charge is 0.240 e. The highest BCUT2D eigenvalue weighted by atomic mass is 35.5. The minimum atomic E-state index is -0.384. The molecule has 0 spiro atoms. The molecule has 1 saturated heterocycles. The predicted molar refractivity (Wildman–Crippen MR) is 58.4 cm³/mol. The fourth-order valence-corrected chi connectivity index (χ4v) is 2.94. The van der Waals surface area contributed by atoms with Gasteiger partial charge in [0.25, 0.3) is 0 Å². The Bertz CT molecular complexity index is 180. The first-order valence-electron chi connectivity index (χ1n) is 4.69. The highest BCUT2D eigenvalue weighted by Gasteiger charge is 2.27. The van der Waals surface area contributed by atoms with Crippen LogP contribution in [0.4, 0.5) is 0 Å². The van der Waals surface area contributed by atoms with Crippen LogP contribution < -0.4 is 0 Å². The van der Waals surface area contributed by atoms with Crippen LogP contribution in [0.15, 0.2) is 0 Å². The van der Waals surface area contributed by atoms with E-state index in [0.717, 1.165) is 18.7 Å². The van der Waals surface area contributed by atoms with Crippen LogP contribution in [-0.2, 0) is 4.79 Å². The monoisotopic (exact) mass is 221 g/mol. The third-order valence-electron chi connectivity index (χ3n) is 2.31. The molecule has 0 N–H and O–H groups in total. The van der Waals surface area contributed by atoms with Crippen molar-refractivity contribution in [3.63, 3.8) is 0 Å². The fourth-order valence-electron chi connectivity index (χ4n) is 1.59. The lowest BCUT2D eigenvalue weighted by atomic mass is 10.2. The van der Waals surface area contributed by atoms with Crippen molar-refractivity contribution in [1.82, 2.24) is 4.90 Å². The molecule has 1 aliphatic heterocycles. The van der Waals surface area contributed by atoms with Crippen molar-refractivity contribution in [3.8, 4) is 0 Å². The standard InChI is InChI=1S/C9H16ClNOS/c1-3-11(9(12)7(2)10)8-4-5-13-6-8/h7-8H,3-6H2,1-2H3/t7-,8+/m1/s1. The van der Waals surface area contributed by atoms with Gasteiger partial charge >= 0.3 is 0 Å². The molecule has 0 aliphatic carbocycles. The first kappa shape index (κ1) is 11.2. The molecule has 76 valence electrons. The van der Waals surface area contributed by atoms with Crippen molar-refractivity contribution in [2.75, 3.05) is 18.1 Å². The van der Waals surface area contributed by atoms with Gasteiger partial charge in [0, 0.05) is 18.3 Å². The highest BCUT2D eigenvalue weighted by Crippen LogP contribution is 2.23. The number of hydrogen-bond donors (Lipinski definition) is 0. The molecule has 0 aromatic carbocycles. The zero-order valence-electron chi connectivity index (χ0n) is 8.12. The molecule has 13 heavy (non-hydrogen) atoms. The third kappa shape index (κ3) is 2.78. The summed E-state index contributed by atoms with van der Waals surface area (Å²) in [7, 11) is 0. The Hall–Kier alpha value is 0.110. The van der Waals surface area contributed by atoms with Crippen LogP contribution in [0.2, 0.25) is 0 Å². The number of thioether (sulfide) groups is 1. The van der Waals surface area contributed by atoms with Crippen LogP contribution in [0.1, 0.15) is 20.3 Å². The van der Waals surface area contributed by atoms with E-state index in [1.165, 1.54) is 5.75 Å². The molecule has 1 heterocycles. The third-order valence-corrected chi connectivity index (χ3v) is 3.64. The number of amides is 1. The van der Waals surface area contributed by atoms with Gasteiger partial charge in [-0.1, -0.05) is 0 Å². The number of carbonyl (C=O) groups is 1. The fraction of sp³-hybridized carbons (Fsp3) is 0.889. The van der Waals surface area contributed by atoms with Crippen molar-refractivity contribution in [1.29, 1.82) is 0 Å². The molecule has 0 aromatic rings. The van der Waals surface area contributed by atoms with E-state index < -0.39 is 0 Å². The minimum absolute atomic E-state index is 0.0802. The highest BCUT2D eigenvalue weighted by molar-refractivity contribution is 7.99. The van der Waals surface area contributed by atoms with E-state index in [0.29, 0.717) is 6.04 Å². The van der Waals surface area contributed by atoms with E-state index >= 15 is 0 Å². The summed E-state index contributed by atoms with van der Waals surface area (Å²) in [6.45, 7) is 4.54. The number of rotatable bonds is 3. The van der Waals surface area contributed by atoms with Gasteiger partial charge in [0.2, 0.25) is 5.91 Å². The van der Waals surface area contributed by atoms with Gasteiger partial charge in [-0.3, -0.25) is 4.79 Å². The minimum Gasteiger partial charge on any atom is -0.338 e. The van der Waals surface area contributed by atoms with Crippen molar-refractivity contribution in [2.24, 2.45) is 0 Å². The Kier molecular flexibility index (Phi) is 4.39. The molecule has 1 aliphatic rings. The van der Waals surface area contributed by atoms with Crippen LogP contribution in [0.5, 0.6) is 0 Å². The number of carbonyl (C=O) groups excluding carboxylic acids is 1. The molecule has 0 saturated carbocycles. The number of alkyl halides is 1. The van der Waals surface area contributed by atoms with Gasteiger partial charge < -0.3 is 4.90 Å². The lowest BCUT2D eigenvalue weighted by Crippen LogP contribution is -2.43. The molecule has 1 fully saturated rings. The van der Waals surface area contributed by atoms with Crippen molar-refractivity contribution >= 4 is 29.3 Å². The summed E-state index contributed by atoms with van der Waals surface area (Å²) >= 11 is 7.70. The second kappa shape index (κ2) is 5.11. The maximum atomic E-state index is 11.6. The second-order valence-corrected chi connectivity index (χ2v) is 5.06. The Morgan fingerprint density at radius 1 is 1.77 bits per heavy atom. The van der Waals surface area contributed by atoms with Gasteiger partial charge in [-0.15, -0.1) is 11.6 Å². The van der Waals surface area contributed by atoms with Gasteiger partial charge in [0.05, 0.1) is 0 Å². The van der Waals surface area contributed by atoms with E-state index in [9.17, 15) is 4.79 Å². The zero-order valence-corrected chi connectivity index (χ0v) is 9.70. The number of halogens is 1. The molecule has 2 atom stereocenters. The summed E-state index contributed by atoms with van der Waals surface area (Å²) in [6.07, 6.45) is 1.12. The van der Waals surface area contributed by atoms with Gasteiger partial charge in [-0.05, 0) is 26.0 Å². The van der Waals surface area contributed by atoms with Crippen molar-refractivity contribution < 1.29 is 4.79 Å². The maximum absolute atomic E-state index is 11.6. The van der Waals surface area contributed by atoms with Crippen LogP contribution in [0, 0.1) is 0 Å². The summed E-state index contributed by atoms with van der Waals surface area (Å²) in [5.41, 5.74) is 0. The average Bonchev–Trinajstić information content (AvgIpc) is 2.58. The predicted octanol–water partition coefficient (Wildman–Crippen LogP) is 1.97. The summed E-state index contributed by atoms with van der Waals surface area (Å²) in [5, 5.41) is -0.384. The maximum Gasteiger partial charge on any atom is 0.240 e. The van der Waals surface area contributed by atoms with E-state index in [-0.39, 0.29) is 11.3 Å². The normalized spacial score (nSPS) is 24.4. The Balaban J connectivity index is 2.55. The molecule has 1 amide bonds. The van der Waals surface area contributed by atoms with Crippen LogP contribution in [0.25, 0.3) is 0 Å². The van der Waals surface area contributed by atoms with Crippen molar-refractivity contribution in [3.05, 3.63) is 0 Å². The van der Waals surface area contributed by atoms with E-state index in [4.69, 9.17) is 11.6 Å². The van der Waals surface area contributed by atoms with Gasteiger partial charge in [-0.2, -0.15) is 11.8 Å². The Morgan fingerprint density at radius 3 is 2.85 bits per heavy atom. The summed E-state index contributed by atoms with van der Waals surface area (Å²) in [5.74, 6) is 2.32. The molecular formula is C9H16ClNOS. The first-order chi connectivity index (χ1) is 6.16. The number of nitrogens with zero attached hydrogens (tertiary/aromatic N) is 1. The topological polar surface area (TPSA) is 20.3 Å². The van der Waals surface area contributed by atoms with Crippen LogP contribution in [0.3, 0.4) is 0 Å². The SMILES string of the molecule is CCN(C(=O)[C@@H](C)Cl)[C@H]1CCSC1. The zero-order chi connectivity index (χ0) is 9.84. The average molecular weight is 222 g/mol. The molecular weight excluding hydrogens is 206 g/mol. The van der Waals surface area contributed by atoms with Gasteiger partial charge in [0.15, 0.2) is 0 Å². The molecule has 4 heteroatoms. The molecule has 0 unspecified atom stereocenters. The molecule has 0 radical (unpaired) electrons. The first-order valence-corrected chi connectivity index (χ1v) is 6.28. The molecule has 2 nitrogen and oxygen atoms in total. The Morgan fingerprint density at radius 2 is 2.46 bits per heavy atom. The van der Waals surface area contributed by atoms with Crippen molar-refractivity contribution in [2.45, 2.75) is 31.7 Å². The largest absolute Gasteiger partial charge is 0.338 e.